The SMILES string of the molecule is O=C(O)c1cccnc1OC/C=C/c1ccccc1. The van der Waals surface area contributed by atoms with Crippen LogP contribution in [-0.4, -0.2) is 22.7 Å². The van der Waals surface area contributed by atoms with Gasteiger partial charge in [-0.1, -0.05) is 36.4 Å². The Morgan fingerprint density at radius 1 is 1.21 bits per heavy atom. The molecule has 4 nitrogen and oxygen atoms in total. The lowest BCUT2D eigenvalue weighted by molar-refractivity contribution is 0.0692. The summed E-state index contributed by atoms with van der Waals surface area (Å²) in [5, 5.41) is 8.96. The number of carbonyl (C=O) groups is 1. The fourth-order valence-electron chi connectivity index (χ4n) is 1.54. The summed E-state index contributed by atoms with van der Waals surface area (Å²) in [7, 11) is 0. The van der Waals surface area contributed by atoms with Crippen LogP contribution in [-0.2, 0) is 0 Å². The van der Waals surface area contributed by atoms with E-state index in [1.807, 2.05) is 42.5 Å². The van der Waals surface area contributed by atoms with Crippen molar-refractivity contribution in [3.63, 3.8) is 0 Å². The van der Waals surface area contributed by atoms with E-state index in [2.05, 4.69) is 4.98 Å². The Bertz CT molecular complexity index is 579. The van der Waals surface area contributed by atoms with Gasteiger partial charge >= 0.3 is 5.97 Å². The molecule has 4 heteroatoms. The van der Waals surface area contributed by atoms with Gasteiger partial charge < -0.3 is 9.84 Å². The molecule has 0 saturated carbocycles. The Morgan fingerprint density at radius 3 is 2.74 bits per heavy atom. The van der Waals surface area contributed by atoms with Crippen molar-refractivity contribution in [3.8, 4) is 5.88 Å². The van der Waals surface area contributed by atoms with Crippen LogP contribution in [0.5, 0.6) is 5.88 Å². The van der Waals surface area contributed by atoms with Crippen LogP contribution >= 0.6 is 0 Å². The van der Waals surface area contributed by atoms with Crippen LogP contribution < -0.4 is 4.74 Å². The fraction of sp³-hybridized carbons (Fsp3) is 0.0667. The molecule has 2 aromatic rings. The molecule has 0 bridgehead atoms. The van der Waals surface area contributed by atoms with Gasteiger partial charge in [-0.15, -0.1) is 0 Å². The normalized spacial score (nSPS) is 10.5. The molecule has 0 saturated heterocycles. The second-order valence-electron chi connectivity index (χ2n) is 3.79. The molecular formula is C15H13NO3. The summed E-state index contributed by atoms with van der Waals surface area (Å²) < 4.78 is 5.34. The van der Waals surface area contributed by atoms with Gasteiger partial charge in [-0.2, -0.15) is 0 Å². The highest BCUT2D eigenvalue weighted by Crippen LogP contribution is 2.14. The zero-order valence-electron chi connectivity index (χ0n) is 10.2. The summed E-state index contributed by atoms with van der Waals surface area (Å²) in [4.78, 5) is 14.8. The second-order valence-corrected chi connectivity index (χ2v) is 3.79. The second kappa shape index (κ2) is 6.35. The molecule has 0 atom stereocenters. The molecule has 1 aromatic heterocycles. The maximum absolute atomic E-state index is 10.9. The van der Waals surface area contributed by atoms with Crippen molar-refractivity contribution >= 4 is 12.0 Å². The molecular weight excluding hydrogens is 242 g/mol. The Balaban J connectivity index is 1.96. The van der Waals surface area contributed by atoms with E-state index < -0.39 is 5.97 Å². The van der Waals surface area contributed by atoms with Crippen molar-refractivity contribution < 1.29 is 14.6 Å². The summed E-state index contributed by atoms with van der Waals surface area (Å²) in [5.74, 6) is -0.914. The maximum atomic E-state index is 10.9. The number of hydrogen-bond acceptors (Lipinski definition) is 3. The van der Waals surface area contributed by atoms with Gasteiger partial charge in [-0.25, -0.2) is 9.78 Å². The van der Waals surface area contributed by atoms with Gasteiger partial charge in [0.1, 0.15) is 12.2 Å². The lowest BCUT2D eigenvalue weighted by Crippen LogP contribution is -2.04. The summed E-state index contributed by atoms with van der Waals surface area (Å²) in [5.41, 5.74) is 1.13. The minimum atomic E-state index is -1.05. The molecule has 1 aromatic carbocycles. The van der Waals surface area contributed by atoms with Crippen LogP contribution in [0.3, 0.4) is 0 Å². The first-order valence-corrected chi connectivity index (χ1v) is 5.80. The minimum Gasteiger partial charge on any atom is -0.477 e. The number of pyridine rings is 1. The zero-order valence-corrected chi connectivity index (χ0v) is 10.2. The highest BCUT2D eigenvalue weighted by Gasteiger charge is 2.10. The number of benzene rings is 1. The lowest BCUT2D eigenvalue weighted by atomic mass is 10.2. The fourth-order valence-corrected chi connectivity index (χ4v) is 1.54. The third-order valence-corrected chi connectivity index (χ3v) is 2.43. The van der Waals surface area contributed by atoms with Gasteiger partial charge in [-0.3, -0.25) is 0 Å². The molecule has 2 rings (SSSR count). The van der Waals surface area contributed by atoms with E-state index >= 15 is 0 Å². The molecule has 0 amide bonds. The molecule has 0 aliphatic rings. The van der Waals surface area contributed by atoms with E-state index in [9.17, 15) is 4.79 Å². The summed E-state index contributed by atoms with van der Waals surface area (Å²) >= 11 is 0. The smallest absolute Gasteiger partial charge is 0.341 e. The molecule has 0 unspecified atom stereocenters. The van der Waals surface area contributed by atoms with Gasteiger partial charge in [0.2, 0.25) is 5.88 Å². The number of carboxylic acids is 1. The predicted octanol–water partition coefficient (Wildman–Crippen LogP) is 2.87. The number of aromatic nitrogens is 1. The maximum Gasteiger partial charge on any atom is 0.341 e. The topological polar surface area (TPSA) is 59.4 Å². The average Bonchev–Trinajstić information content (AvgIpc) is 2.45. The molecule has 0 aliphatic carbocycles. The average molecular weight is 255 g/mol. The van der Waals surface area contributed by atoms with E-state index in [-0.39, 0.29) is 18.1 Å². The number of rotatable bonds is 5. The zero-order chi connectivity index (χ0) is 13.5. The standard InChI is InChI=1S/C15H13NO3/c17-15(18)13-9-4-10-16-14(13)19-11-5-8-12-6-2-1-3-7-12/h1-10H,11H2,(H,17,18)/b8-5+. The lowest BCUT2D eigenvalue weighted by Gasteiger charge is -2.04. The number of ether oxygens (including phenoxy) is 1. The molecule has 96 valence electrons. The first-order valence-electron chi connectivity index (χ1n) is 5.80. The Hall–Kier alpha value is -2.62. The highest BCUT2D eigenvalue weighted by atomic mass is 16.5. The quantitative estimate of drug-likeness (QED) is 0.892. The van der Waals surface area contributed by atoms with E-state index in [0.717, 1.165) is 5.56 Å². The van der Waals surface area contributed by atoms with Crippen molar-refractivity contribution in [2.45, 2.75) is 0 Å². The molecule has 0 radical (unpaired) electrons. The summed E-state index contributed by atoms with van der Waals surface area (Å²) in [6.45, 7) is 0.270. The third kappa shape index (κ3) is 3.67. The monoisotopic (exact) mass is 255 g/mol. The van der Waals surface area contributed by atoms with Crippen LogP contribution in [0.15, 0.2) is 54.7 Å². The Kier molecular flexibility index (Phi) is 4.29. The van der Waals surface area contributed by atoms with Crippen LogP contribution in [0, 0.1) is 0 Å². The highest BCUT2D eigenvalue weighted by molar-refractivity contribution is 5.90. The van der Waals surface area contributed by atoms with Gasteiger partial charge in [0.25, 0.3) is 0 Å². The summed E-state index contributed by atoms with van der Waals surface area (Å²) in [6.07, 6.45) is 5.22. The molecule has 1 N–H and O–H groups in total. The van der Waals surface area contributed by atoms with Gasteiger partial charge in [0.05, 0.1) is 0 Å². The number of aromatic carboxylic acids is 1. The Labute approximate surface area is 111 Å². The van der Waals surface area contributed by atoms with Gasteiger partial charge in [0, 0.05) is 6.20 Å². The van der Waals surface area contributed by atoms with Crippen molar-refractivity contribution in [3.05, 3.63) is 65.9 Å². The van der Waals surface area contributed by atoms with E-state index in [0.29, 0.717) is 0 Å². The van der Waals surface area contributed by atoms with E-state index in [1.165, 1.54) is 12.3 Å². The first-order chi connectivity index (χ1) is 9.27. The third-order valence-electron chi connectivity index (χ3n) is 2.43. The molecule has 1 heterocycles. The number of carboxylic acid groups (broad SMARTS) is 1. The van der Waals surface area contributed by atoms with E-state index in [4.69, 9.17) is 9.84 Å². The van der Waals surface area contributed by atoms with Crippen LogP contribution in [0.1, 0.15) is 15.9 Å². The Morgan fingerprint density at radius 2 is 2.00 bits per heavy atom. The predicted molar refractivity (Wildman–Crippen MR) is 72.2 cm³/mol. The first kappa shape index (κ1) is 12.8. The largest absolute Gasteiger partial charge is 0.477 e. The number of nitrogens with zero attached hydrogens (tertiary/aromatic N) is 1. The summed E-state index contributed by atoms with van der Waals surface area (Å²) in [6, 6.07) is 12.8. The molecule has 0 fully saturated rings. The van der Waals surface area contributed by atoms with E-state index in [1.54, 1.807) is 6.07 Å². The van der Waals surface area contributed by atoms with Crippen molar-refractivity contribution in [2.24, 2.45) is 0 Å². The molecule has 0 aliphatic heterocycles. The van der Waals surface area contributed by atoms with Crippen molar-refractivity contribution in [1.29, 1.82) is 0 Å². The minimum absolute atomic E-state index is 0.0654. The van der Waals surface area contributed by atoms with Gasteiger partial charge in [0.15, 0.2) is 0 Å². The van der Waals surface area contributed by atoms with Crippen molar-refractivity contribution in [1.82, 2.24) is 4.98 Å². The van der Waals surface area contributed by atoms with Crippen molar-refractivity contribution in [2.75, 3.05) is 6.61 Å². The van der Waals surface area contributed by atoms with Crippen LogP contribution in [0.4, 0.5) is 0 Å². The van der Waals surface area contributed by atoms with Crippen LogP contribution in [0.2, 0.25) is 0 Å². The van der Waals surface area contributed by atoms with Gasteiger partial charge in [-0.05, 0) is 23.8 Å². The molecule has 0 spiro atoms. The van der Waals surface area contributed by atoms with Crippen LogP contribution in [0.25, 0.3) is 6.08 Å². The number of hydrogen-bond donors (Lipinski definition) is 1. The molecule has 19 heavy (non-hydrogen) atoms.